The molecule has 0 aromatic heterocycles. The summed E-state index contributed by atoms with van der Waals surface area (Å²) in [6.07, 6.45) is 10.1. The smallest absolute Gasteiger partial charge is 0.00746 e. The van der Waals surface area contributed by atoms with Crippen molar-refractivity contribution in [1.29, 1.82) is 0 Å². The molecule has 16 heavy (non-hydrogen) atoms. The van der Waals surface area contributed by atoms with E-state index in [0.717, 1.165) is 29.8 Å². The van der Waals surface area contributed by atoms with E-state index in [0.29, 0.717) is 0 Å². The second kappa shape index (κ2) is 5.53. The molecule has 1 N–H and O–H groups in total. The molecule has 1 nitrogen and oxygen atoms in total. The summed E-state index contributed by atoms with van der Waals surface area (Å²) in [7, 11) is 0. The Morgan fingerprint density at radius 3 is 2.19 bits per heavy atom. The molecular formula is C15H29N. The third-order valence-electron chi connectivity index (χ3n) is 4.61. The lowest BCUT2D eigenvalue weighted by Gasteiger charge is -2.36. The van der Waals surface area contributed by atoms with Gasteiger partial charge in [0.1, 0.15) is 0 Å². The highest BCUT2D eigenvalue weighted by molar-refractivity contribution is 4.83. The van der Waals surface area contributed by atoms with Crippen LogP contribution in [0.4, 0.5) is 0 Å². The van der Waals surface area contributed by atoms with Gasteiger partial charge in [-0.25, -0.2) is 0 Å². The largest absolute Gasteiger partial charge is 0.311 e. The molecule has 2 rings (SSSR count). The predicted molar refractivity (Wildman–Crippen MR) is 70.5 cm³/mol. The number of hydrogen-bond acceptors (Lipinski definition) is 1. The molecule has 0 aromatic rings. The normalized spacial score (nSPS) is 38.1. The molecular weight excluding hydrogens is 194 g/mol. The maximum atomic E-state index is 3.88. The van der Waals surface area contributed by atoms with Crippen LogP contribution in [-0.2, 0) is 0 Å². The molecule has 3 unspecified atom stereocenters. The highest BCUT2D eigenvalue weighted by Crippen LogP contribution is 2.32. The molecule has 94 valence electrons. The molecule has 1 heteroatoms. The first kappa shape index (κ1) is 12.4. The zero-order chi connectivity index (χ0) is 11.5. The summed E-state index contributed by atoms with van der Waals surface area (Å²) < 4.78 is 0. The molecule has 2 aliphatic carbocycles. The van der Waals surface area contributed by atoms with Crippen LogP contribution in [0.15, 0.2) is 0 Å². The van der Waals surface area contributed by atoms with Gasteiger partial charge < -0.3 is 5.32 Å². The molecule has 3 atom stereocenters. The molecule has 0 heterocycles. The standard InChI is InChI=1S/C15H29N/c1-11-7-12(2)9-15(8-11)16-13(3)10-14-5-4-6-14/h11-16H,4-10H2,1-3H3. The summed E-state index contributed by atoms with van der Waals surface area (Å²) in [6, 6.07) is 1.54. The highest BCUT2D eigenvalue weighted by atomic mass is 14.9. The minimum atomic E-state index is 0.743. The van der Waals surface area contributed by atoms with Crippen molar-refractivity contribution in [3.05, 3.63) is 0 Å². The molecule has 2 saturated carbocycles. The third kappa shape index (κ3) is 3.48. The van der Waals surface area contributed by atoms with Crippen LogP contribution in [0, 0.1) is 17.8 Å². The minimum Gasteiger partial charge on any atom is -0.311 e. The number of hydrogen-bond donors (Lipinski definition) is 1. The quantitative estimate of drug-likeness (QED) is 0.760. The first-order valence-corrected chi connectivity index (χ1v) is 7.39. The van der Waals surface area contributed by atoms with E-state index in [9.17, 15) is 0 Å². The fraction of sp³-hybridized carbons (Fsp3) is 1.00. The maximum Gasteiger partial charge on any atom is 0.00746 e. The molecule has 0 radical (unpaired) electrons. The first-order chi connectivity index (χ1) is 7.63. The molecule has 0 spiro atoms. The van der Waals surface area contributed by atoms with E-state index in [-0.39, 0.29) is 0 Å². The minimum absolute atomic E-state index is 0.743. The Bertz CT molecular complexity index is 199. The van der Waals surface area contributed by atoms with Gasteiger partial charge in [0.15, 0.2) is 0 Å². The molecule has 0 amide bonds. The van der Waals surface area contributed by atoms with Crippen LogP contribution in [0.3, 0.4) is 0 Å². The van der Waals surface area contributed by atoms with Crippen LogP contribution in [-0.4, -0.2) is 12.1 Å². The lowest BCUT2D eigenvalue weighted by molar-refractivity contribution is 0.204. The van der Waals surface area contributed by atoms with E-state index < -0.39 is 0 Å². The second-order valence-electron chi connectivity index (χ2n) is 6.71. The third-order valence-corrected chi connectivity index (χ3v) is 4.61. The van der Waals surface area contributed by atoms with Crippen LogP contribution in [0.1, 0.15) is 65.7 Å². The first-order valence-electron chi connectivity index (χ1n) is 7.39. The van der Waals surface area contributed by atoms with E-state index in [1.54, 1.807) is 0 Å². The topological polar surface area (TPSA) is 12.0 Å². The van der Waals surface area contributed by atoms with Gasteiger partial charge in [-0.1, -0.05) is 33.1 Å². The van der Waals surface area contributed by atoms with Crippen molar-refractivity contribution in [3.8, 4) is 0 Å². The fourth-order valence-corrected chi connectivity index (χ4v) is 3.78. The van der Waals surface area contributed by atoms with E-state index in [1.165, 1.54) is 44.9 Å². The summed E-state index contributed by atoms with van der Waals surface area (Å²) in [6.45, 7) is 7.23. The zero-order valence-corrected chi connectivity index (χ0v) is 11.3. The van der Waals surface area contributed by atoms with Crippen LogP contribution < -0.4 is 5.32 Å². The van der Waals surface area contributed by atoms with Crippen LogP contribution >= 0.6 is 0 Å². The maximum absolute atomic E-state index is 3.88. The lowest BCUT2D eigenvalue weighted by atomic mass is 9.79. The van der Waals surface area contributed by atoms with Gasteiger partial charge in [-0.05, 0) is 50.4 Å². The predicted octanol–water partition coefficient (Wildman–Crippen LogP) is 3.98. The summed E-state index contributed by atoms with van der Waals surface area (Å²) >= 11 is 0. The second-order valence-corrected chi connectivity index (χ2v) is 6.71. The fourth-order valence-electron chi connectivity index (χ4n) is 3.78. The Morgan fingerprint density at radius 2 is 1.69 bits per heavy atom. The van der Waals surface area contributed by atoms with Crippen molar-refractivity contribution in [2.45, 2.75) is 77.8 Å². The average molecular weight is 223 g/mol. The van der Waals surface area contributed by atoms with E-state index in [2.05, 4.69) is 26.1 Å². The summed E-state index contributed by atoms with van der Waals surface area (Å²) in [5, 5.41) is 3.88. The molecule has 0 aromatic carbocycles. The summed E-state index contributed by atoms with van der Waals surface area (Å²) in [4.78, 5) is 0. The Hall–Kier alpha value is -0.0400. The summed E-state index contributed by atoms with van der Waals surface area (Å²) in [5.41, 5.74) is 0. The van der Waals surface area contributed by atoms with Gasteiger partial charge in [0.2, 0.25) is 0 Å². The van der Waals surface area contributed by atoms with Gasteiger partial charge in [0.05, 0.1) is 0 Å². The Labute approximate surface area is 101 Å². The van der Waals surface area contributed by atoms with E-state index in [4.69, 9.17) is 0 Å². The van der Waals surface area contributed by atoms with Gasteiger partial charge in [-0.15, -0.1) is 0 Å². The zero-order valence-electron chi connectivity index (χ0n) is 11.3. The van der Waals surface area contributed by atoms with Crippen molar-refractivity contribution in [2.24, 2.45) is 17.8 Å². The molecule has 2 fully saturated rings. The van der Waals surface area contributed by atoms with Crippen molar-refractivity contribution in [2.75, 3.05) is 0 Å². The average Bonchev–Trinajstić information content (AvgIpc) is 2.09. The highest BCUT2D eigenvalue weighted by Gasteiger charge is 2.26. The van der Waals surface area contributed by atoms with Crippen molar-refractivity contribution >= 4 is 0 Å². The SMILES string of the molecule is CC1CC(C)CC(NC(C)CC2CCC2)C1. The van der Waals surface area contributed by atoms with Crippen molar-refractivity contribution in [3.63, 3.8) is 0 Å². The monoisotopic (exact) mass is 223 g/mol. The summed E-state index contributed by atoms with van der Waals surface area (Å²) in [5.74, 6) is 2.90. The molecule has 0 aliphatic heterocycles. The van der Waals surface area contributed by atoms with Gasteiger partial charge >= 0.3 is 0 Å². The van der Waals surface area contributed by atoms with Crippen LogP contribution in [0.2, 0.25) is 0 Å². The Kier molecular flexibility index (Phi) is 4.29. The van der Waals surface area contributed by atoms with Crippen molar-refractivity contribution < 1.29 is 0 Å². The molecule has 0 saturated heterocycles. The Balaban J connectivity index is 1.70. The van der Waals surface area contributed by atoms with E-state index in [1.807, 2.05) is 0 Å². The number of rotatable bonds is 4. The molecule has 2 aliphatic rings. The Morgan fingerprint density at radius 1 is 1.06 bits per heavy atom. The van der Waals surface area contributed by atoms with Crippen LogP contribution in [0.5, 0.6) is 0 Å². The van der Waals surface area contributed by atoms with Gasteiger partial charge in [0.25, 0.3) is 0 Å². The van der Waals surface area contributed by atoms with Crippen molar-refractivity contribution in [1.82, 2.24) is 5.32 Å². The van der Waals surface area contributed by atoms with Gasteiger partial charge in [-0.3, -0.25) is 0 Å². The lowest BCUT2D eigenvalue weighted by Crippen LogP contribution is -2.42. The van der Waals surface area contributed by atoms with Crippen LogP contribution in [0.25, 0.3) is 0 Å². The molecule has 0 bridgehead atoms. The number of nitrogens with one attached hydrogen (secondary N) is 1. The van der Waals surface area contributed by atoms with Gasteiger partial charge in [0, 0.05) is 12.1 Å². The van der Waals surface area contributed by atoms with Gasteiger partial charge in [-0.2, -0.15) is 0 Å². The van der Waals surface area contributed by atoms with E-state index >= 15 is 0 Å².